The molecule has 92 valence electrons. The molecule has 0 amide bonds. The number of allylic oxidation sites excluding steroid dienone is 8. The molecular formula is C16H23N. The normalized spacial score (nSPS) is 14.8. The molecular weight excluding hydrogens is 206 g/mol. The van der Waals surface area contributed by atoms with E-state index >= 15 is 0 Å². The van der Waals surface area contributed by atoms with Gasteiger partial charge < -0.3 is 0 Å². The summed E-state index contributed by atoms with van der Waals surface area (Å²) in [7, 11) is 0. The highest BCUT2D eigenvalue weighted by Gasteiger charge is 1.91. The predicted octanol–water partition coefficient (Wildman–Crippen LogP) is 4.95. The van der Waals surface area contributed by atoms with E-state index in [9.17, 15) is 0 Å². The van der Waals surface area contributed by atoms with Crippen molar-refractivity contribution in [2.75, 3.05) is 0 Å². The van der Waals surface area contributed by atoms with Gasteiger partial charge in [-0.2, -0.15) is 5.26 Å². The highest BCUT2D eigenvalue weighted by atomic mass is 14.2. The summed E-state index contributed by atoms with van der Waals surface area (Å²) in [5, 5.41) is 8.87. The van der Waals surface area contributed by atoms with Gasteiger partial charge in [-0.25, -0.2) is 0 Å². The van der Waals surface area contributed by atoms with Gasteiger partial charge in [-0.15, -0.1) is 0 Å². The summed E-state index contributed by atoms with van der Waals surface area (Å²) in [5.74, 6) is 0.566. The van der Waals surface area contributed by atoms with Gasteiger partial charge in [0, 0.05) is 5.57 Å². The van der Waals surface area contributed by atoms with Crippen LogP contribution in [0.5, 0.6) is 0 Å². The summed E-state index contributed by atoms with van der Waals surface area (Å²) in [6.07, 6.45) is 17.3. The van der Waals surface area contributed by atoms with Gasteiger partial charge in [0.05, 0.1) is 6.07 Å². The van der Waals surface area contributed by atoms with Gasteiger partial charge >= 0.3 is 0 Å². The molecule has 0 N–H and O–H groups in total. The minimum absolute atomic E-state index is 0.566. The van der Waals surface area contributed by atoms with E-state index < -0.39 is 0 Å². The molecule has 0 aromatic rings. The minimum atomic E-state index is 0.566. The van der Waals surface area contributed by atoms with Gasteiger partial charge in [0.1, 0.15) is 0 Å². The molecule has 1 nitrogen and oxygen atoms in total. The third-order valence-electron chi connectivity index (χ3n) is 2.34. The van der Waals surface area contributed by atoms with Crippen molar-refractivity contribution >= 4 is 0 Å². The fourth-order valence-electron chi connectivity index (χ4n) is 1.33. The van der Waals surface area contributed by atoms with E-state index in [2.05, 4.69) is 44.2 Å². The van der Waals surface area contributed by atoms with Crippen LogP contribution in [0.15, 0.2) is 48.1 Å². The van der Waals surface area contributed by atoms with Crippen molar-refractivity contribution in [1.29, 1.82) is 5.26 Å². The zero-order valence-corrected chi connectivity index (χ0v) is 11.2. The summed E-state index contributed by atoms with van der Waals surface area (Å²) >= 11 is 0. The first-order valence-electron chi connectivity index (χ1n) is 6.29. The smallest absolute Gasteiger partial charge is 0.0988 e. The van der Waals surface area contributed by atoms with Crippen LogP contribution in [0.2, 0.25) is 0 Å². The Balaban J connectivity index is 4.10. The first-order valence-corrected chi connectivity index (χ1v) is 6.29. The van der Waals surface area contributed by atoms with E-state index in [0.717, 1.165) is 24.8 Å². The first-order chi connectivity index (χ1) is 8.24. The van der Waals surface area contributed by atoms with Crippen molar-refractivity contribution in [2.24, 2.45) is 5.92 Å². The second kappa shape index (κ2) is 11.0. The van der Waals surface area contributed by atoms with Crippen LogP contribution in [0, 0.1) is 17.2 Å². The van der Waals surface area contributed by atoms with Gasteiger partial charge in [-0.3, -0.25) is 0 Å². The number of hydrogen-bond acceptors (Lipinski definition) is 1. The third kappa shape index (κ3) is 9.38. The molecule has 0 radical (unpaired) electrons. The molecule has 0 aliphatic carbocycles. The Morgan fingerprint density at radius 1 is 1.29 bits per heavy atom. The third-order valence-corrected chi connectivity index (χ3v) is 2.34. The van der Waals surface area contributed by atoms with Gasteiger partial charge in [-0.1, -0.05) is 50.3 Å². The molecule has 0 aromatic carbocycles. The predicted molar refractivity (Wildman–Crippen MR) is 75.5 cm³/mol. The Kier molecular flexibility index (Phi) is 9.95. The number of nitrogens with zero attached hydrogens (tertiary/aromatic N) is 1. The lowest BCUT2D eigenvalue weighted by Crippen LogP contribution is -1.85. The molecule has 0 bridgehead atoms. The molecule has 0 aliphatic heterocycles. The fourth-order valence-corrected chi connectivity index (χ4v) is 1.33. The highest BCUT2D eigenvalue weighted by molar-refractivity contribution is 5.33. The number of hydrogen-bond donors (Lipinski definition) is 0. The van der Waals surface area contributed by atoms with Gasteiger partial charge in [0.15, 0.2) is 0 Å². The van der Waals surface area contributed by atoms with Crippen LogP contribution in [0.4, 0.5) is 0 Å². The largest absolute Gasteiger partial charge is 0.192 e. The average molecular weight is 229 g/mol. The van der Waals surface area contributed by atoms with Crippen LogP contribution in [0.1, 0.15) is 40.0 Å². The molecule has 0 saturated carbocycles. The number of rotatable bonds is 7. The summed E-state index contributed by atoms with van der Waals surface area (Å²) in [6.45, 7) is 6.30. The quantitative estimate of drug-likeness (QED) is 0.344. The molecule has 0 spiro atoms. The van der Waals surface area contributed by atoms with Gasteiger partial charge in [0.25, 0.3) is 0 Å². The van der Waals surface area contributed by atoms with Crippen LogP contribution in [0.3, 0.4) is 0 Å². The Bertz CT molecular complexity index is 337. The maximum absolute atomic E-state index is 8.87. The molecule has 0 fully saturated rings. The molecule has 0 aliphatic rings. The Labute approximate surface area is 106 Å². The second-order valence-corrected chi connectivity index (χ2v) is 4.03. The van der Waals surface area contributed by atoms with E-state index in [1.165, 1.54) is 0 Å². The maximum Gasteiger partial charge on any atom is 0.0988 e. The summed E-state index contributed by atoms with van der Waals surface area (Å²) < 4.78 is 0. The van der Waals surface area contributed by atoms with Crippen LogP contribution < -0.4 is 0 Å². The lowest BCUT2D eigenvalue weighted by atomic mass is 10.1. The Morgan fingerprint density at radius 3 is 2.65 bits per heavy atom. The van der Waals surface area contributed by atoms with Crippen molar-refractivity contribution in [2.45, 2.75) is 40.0 Å². The molecule has 1 atom stereocenters. The number of nitriles is 1. The van der Waals surface area contributed by atoms with E-state index in [-0.39, 0.29) is 0 Å². The van der Waals surface area contributed by atoms with Crippen molar-refractivity contribution in [1.82, 2.24) is 0 Å². The van der Waals surface area contributed by atoms with Crippen molar-refractivity contribution < 1.29 is 0 Å². The van der Waals surface area contributed by atoms with Gasteiger partial charge in [-0.05, 0) is 38.2 Å². The van der Waals surface area contributed by atoms with E-state index in [1.54, 1.807) is 0 Å². The standard InChI is InChI=1S/C16H23N/c1-4-6-10-15(3)11-8-9-13-16(14-17)12-7-5-2/h4,6-8,11-13,15H,5,9-10H2,1-3H3/b6-4+,11-8-,12-7-,16-13+. The average Bonchev–Trinajstić information content (AvgIpc) is 2.35. The zero-order chi connectivity index (χ0) is 12.9. The van der Waals surface area contributed by atoms with Crippen molar-refractivity contribution in [3.8, 4) is 6.07 Å². The first kappa shape index (κ1) is 15.4. The molecule has 0 saturated heterocycles. The summed E-state index contributed by atoms with van der Waals surface area (Å²) in [6, 6.07) is 2.19. The summed E-state index contributed by atoms with van der Waals surface area (Å²) in [4.78, 5) is 0. The van der Waals surface area contributed by atoms with E-state index in [0.29, 0.717) is 5.92 Å². The summed E-state index contributed by atoms with van der Waals surface area (Å²) in [5.41, 5.74) is 0.748. The maximum atomic E-state index is 8.87. The van der Waals surface area contributed by atoms with Crippen LogP contribution in [0.25, 0.3) is 0 Å². The zero-order valence-electron chi connectivity index (χ0n) is 11.2. The van der Waals surface area contributed by atoms with Crippen LogP contribution in [-0.4, -0.2) is 0 Å². The second-order valence-electron chi connectivity index (χ2n) is 4.03. The lowest BCUT2D eigenvalue weighted by molar-refractivity contribution is 0.741. The van der Waals surface area contributed by atoms with Gasteiger partial charge in [0.2, 0.25) is 0 Å². The molecule has 0 rings (SSSR count). The molecule has 0 aromatic heterocycles. The Morgan fingerprint density at radius 2 is 2.06 bits per heavy atom. The minimum Gasteiger partial charge on any atom is -0.192 e. The molecule has 1 unspecified atom stereocenters. The lowest BCUT2D eigenvalue weighted by Gasteiger charge is -1.99. The van der Waals surface area contributed by atoms with Crippen LogP contribution in [-0.2, 0) is 0 Å². The van der Waals surface area contributed by atoms with E-state index in [4.69, 9.17) is 5.26 Å². The highest BCUT2D eigenvalue weighted by Crippen LogP contribution is 2.06. The fraction of sp³-hybridized carbons (Fsp3) is 0.438. The van der Waals surface area contributed by atoms with Crippen molar-refractivity contribution in [3.05, 3.63) is 48.1 Å². The van der Waals surface area contributed by atoms with E-state index in [1.807, 2.05) is 25.2 Å². The topological polar surface area (TPSA) is 23.8 Å². The molecule has 0 heterocycles. The Hall–Kier alpha value is -1.55. The van der Waals surface area contributed by atoms with Crippen molar-refractivity contribution in [3.63, 3.8) is 0 Å². The molecule has 1 heteroatoms. The molecule has 17 heavy (non-hydrogen) atoms. The SMILES string of the molecule is C/C=C/CC(C)/C=C\C/C=C(C#N)\C=C/CC. The monoisotopic (exact) mass is 229 g/mol. The van der Waals surface area contributed by atoms with Crippen LogP contribution >= 0.6 is 0 Å².